The highest BCUT2D eigenvalue weighted by Crippen LogP contribution is 2.17. The number of nitrogen functional groups attached to an aromatic ring is 1. The maximum Gasteiger partial charge on any atom is 0.174 e. The number of aromatic nitrogens is 2. The van der Waals surface area contributed by atoms with E-state index in [1.807, 2.05) is 24.3 Å². The molecule has 0 saturated heterocycles. The van der Waals surface area contributed by atoms with Crippen LogP contribution in [-0.4, -0.2) is 10.2 Å². The first kappa shape index (κ1) is 11.4. The molecule has 0 amide bonds. The van der Waals surface area contributed by atoms with Crippen LogP contribution in [-0.2, 0) is 6.42 Å². The maximum absolute atomic E-state index is 5.70. The van der Waals surface area contributed by atoms with E-state index < -0.39 is 0 Å². The van der Waals surface area contributed by atoms with Crippen LogP contribution in [0.4, 0.5) is 5.69 Å². The molecule has 0 aliphatic rings. The largest absolute Gasteiger partial charge is 0.396 e. The highest BCUT2D eigenvalue weighted by Gasteiger charge is 2.02. The van der Waals surface area contributed by atoms with Crippen LogP contribution in [0.2, 0.25) is 5.15 Å². The van der Waals surface area contributed by atoms with E-state index in [9.17, 15) is 0 Å². The Morgan fingerprint density at radius 3 is 2.50 bits per heavy atom. The smallest absolute Gasteiger partial charge is 0.174 e. The summed E-state index contributed by atoms with van der Waals surface area (Å²) in [5.74, 6) is 0. The van der Waals surface area contributed by atoms with Crippen LogP contribution in [0.25, 0.3) is 0 Å². The third kappa shape index (κ3) is 2.71. The quantitative estimate of drug-likeness (QED) is 0.927. The third-order valence-corrected chi connectivity index (χ3v) is 2.95. The van der Waals surface area contributed by atoms with Crippen LogP contribution in [0.1, 0.15) is 11.3 Å². The summed E-state index contributed by atoms with van der Waals surface area (Å²) in [7, 11) is 0. The predicted molar refractivity (Wildman–Crippen MR) is 68.4 cm³/mol. The van der Waals surface area contributed by atoms with E-state index >= 15 is 0 Å². The minimum atomic E-state index is 0.250. The van der Waals surface area contributed by atoms with Crippen molar-refractivity contribution in [1.82, 2.24) is 10.2 Å². The minimum absolute atomic E-state index is 0.250. The lowest BCUT2D eigenvalue weighted by molar-refractivity contribution is 0.940. The molecule has 0 bridgehead atoms. The van der Waals surface area contributed by atoms with E-state index in [-0.39, 0.29) is 5.15 Å². The summed E-state index contributed by atoms with van der Waals surface area (Å²) < 4.78 is 1.05. The van der Waals surface area contributed by atoms with Gasteiger partial charge in [0.1, 0.15) is 0 Å². The highest BCUT2D eigenvalue weighted by molar-refractivity contribution is 9.10. The maximum atomic E-state index is 5.70. The van der Waals surface area contributed by atoms with E-state index in [0.29, 0.717) is 12.1 Å². The molecule has 0 unspecified atom stereocenters. The van der Waals surface area contributed by atoms with Gasteiger partial charge in [-0.05, 0) is 23.8 Å². The van der Waals surface area contributed by atoms with E-state index in [1.165, 1.54) is 0 Å². The number of nitrogens with two attached hydrogens (primary N) is 1. The molecule has 0 radical (unpaired) electrons. The average Bonchev–Trinajstić information content (AvgIpc) is 2.27. The van der Waals surface area contributed by atoms with Crippen molar-refractivity contribution in [2.75, 3.05) is 5.73 Å². The molecular weight excluding hydrogens is 289 g/mol. The molecule has 3 nitrogen and oxygen atoms in total. The van der Waals surface area contributed by atoms with Crippen LogP contribution >= 0.6 is 27.5 Å². The average molecular weight is 299 g/mol. The van der Waals surface area contributed by atoms with Gasteiger partial charge in [0.15, 0.2) is 5.15 Å². The van der Waals surface area contributed by atoms with Crippen molar-refractivity contribution in [2.45, 2.75) is 6.42 Å². The Labute approximate surface area is 107 Å². The molecule has 2 aromatic rings. The Hall–Kier alpha value is -1.13. The third-order valence-electron chi connectivity index (χ3n) is 2.13. The van der Waals surface area contributed by atoms with Gasteiger partial charge in [0.2, 0.25) is 0 Å². The van der Waals surface area contributed by atoms with Gasteiger partial charge in [-0.1, -0.05) is 39.7 Å². The van der Waals surface area contributed by atoms with Crippen LogP contribution in [0.3, 0.4) is 0 Å². The highest BCUT2D eigenvalue weighted by atomic mass is 79.9. The van der Waals surface area contributed by atoms with E-state index in [2.05, 4.69) is 26.1 Å². The Bertz CT molecular complexity index is 499. The monoisotopic (exact) mass is 297 g/mol. The number of anilines is 1. The van der Waals surface area contributed by atoms with Crippen molar-refractivity contribution in [3.05, 3.63) is 51.2 Å². The number of nitrogens with zero attached hydrogens (tertiary/aromatic N) is 2. The number of rotatable bonds is 2. The molecule has 0 fully saturated rings. The molecule has 16 heavy (non-hydrogen) atoms. The molecule has 1 aromatic carbocycles. The SMILES string of the molecule is Nc1cc(Cc2ccc(Br)cc2)nnc1Cl. The number of halogens is 2. The fourth-order valence-corrected chi connectivity index (χ4v) is 1.69. The summed E-state index contributed by atoms with van der Waals surface area (Å²) in [6.07, 6.45) is 0.696. The zero-order valence-electron chi connectivity index (χ0n) is 8.32. The van der Waals surface area contributed by atoms with Crippen molar-refractivity contribution >= 4 is 33.2 Å². The van der Waals surface area contributed by atoms with E-state index in [0.717, 1.165) is 15.7 Å². The first-order valence-electron chi connectivity index (χ1n) is 4.67. The van der Waals surface area contributed by atoms with Crippen molar-refractivity contribution in [1.29, 1.82) is 0 Å². The van der Waals surface area contributed by atoms with Gasteiger partial charge < -0.3 is 5.73 Å². The van der Waals surface area contributed by atoms with Gasteiger partial charge in [-0.25, -0.2) is 0 Å². The van der Waals surface area contributed by atoms with Crippen LogP contribution in [0, 0.1) is 0 Å². The number of benzene rings is 1. The molecule has 82 valence electrons. The van der Waals surface area contributed by atoms with Gasteiger partial charge in [-0.3, -0.25) is 0 Å². The second-order valence-corrected chi connectivity index (χ2v) is 4.66. The van der Waals surface area contributed by atoms with Gasteiger partial charge in [-0.2, -0.15) is 5.10 Å². The second kappa shape index (κ2) is 4.80. The van der Waals surface area contributed by atoms with Crippen molar-refractivity contribution in [3.63, 3.8) is 0 Å². The number of hydrogen-bond acceptors (Lipinski definition) is 3. The molecule has 0 saturated carbocycles. The Kier molecular flexibility index (Phi) is 3.41. The minimum Gasteiger partial charge on any atom is -0.396 e. The summed E-state index contributed by atoms with van der Waals surface area (Å²) in [6, 6.07) is 9.77. The normalized spacial score (nSPS) is 10.4. The van der Waals surface area contributed by atoms with Gasteiger partial charge >= 0.3 is 0 Å². The van der Waals surface area contributed by atoms with Crippen molar-refractivity contribution in [3.8, 4) is 0 Å². The van der Waals surface area contributed by atoms with E-state index in [1.54, 1.807) is 6.07 Å². The van der Waals surface area contributed by atoms with Gasteiger partial charge in [-0.15, -0.1) is 5.10 Å². The second-order valence-electron chi connectivity index (χ2n) is 3.39. The lowest BCUT2D eigenvalue weighted by Crippen LogP contribution is -1.98. The molecule has 1 heterocycles. The molecule has 2 N–H and O–H groups in total. The zero-order chi connectivity index (χ0) is 11.5. The Morgan fingerprint density at radius 1 is 1.19 bits per heavy atom. The number of hydrogen-bond donors (Lipinski definition) is 1. The first-order valence-corrected chi connectivity index (χ1v) is 5.84. The molecule has 0 atom stereocenters. The molecule has 0 aliphatic carbocycles. The van der Waals surface area contributed by atoms with Crippen molar-refractivity contribution in [2.24, 2.45) is 0 Å². The molecule has 0 aliphatic heterocycles. The fourth-order valence-electron chi connectivity index (χ4n) is 1.33. The summed E-state index contributed by atoms with van der Waals surface area (Å²) >= 11 is 9.09. The predicted octanol–water partition coefficient (Wildman–Crippen LogP) is 3.07. The van der Waals surface area contributed by atoms with Crippen LogP contribution in [0.5, 0.6) is 0 Å². The molecule has 1 aromatic heterocycles. The van der Waals surface area contributed by atoms with Gasteiger partial charge in [0, 0.05) is 10.9 Å². The Morgan fingerprint density at radius 2 is 1.88 bits per heavy atom. The molecule has 5 heteroatoms. The first-order chi connectivity index (χ1) is 7.65. The summed E-state index contributed by atoms with van der Waals surface area (Å²) in [4.78, 5) is 0. The van der Waals surface area contributed by atoms with E-state index in [4.69, 9.17) is 17.3 Å². The lowest BCUT2D eigenvalue weighted by atomic mass is 10.1. The van der Waals surface area contributed by atoms with Gasteiger partial charge in [0.25, 0.3) is 0 Å². The topological polar surface area (TPSA) is 51.8 Å². The van der Waals surface area contributed by atoms with Crippen LogP contribution in [0.15, 0.2) is 34.8 Å². The molecule has 2 rings (SSSR count). The van der Waals surface area contributed by atoms with Gasteiger partial charge in [0.05, 0.1) is 11.4 Å². The summed E-state index contributed by atoms with van der Waals surface area (Å²) in [6.45, 7) is 0. The lowest BCUT2D eigenvalue weighted by Gasteiger charge is -2.02. The molecule has 0 spiro atoms. The Balaban J connectivity index is 2.20. The molecular formula is C11H9BrClN3. The summed E-state index contributed by atoms with van der Waals surface area (Å²) in [5, 5.41) is 8.01. The summed E-state index contributed by atoms with van der Waals surface area (Å²) in [5.41, 5.74) is 8.08. The van der Waals surface area contributed by atoms with Crippen molar-refractivity contribution < 1.29 is 0 Å². The van der Waals surface area contributed by atoms with Crippen LogP contribution < -0.4 is 5.73 Å². The fraction of sp³-hybridized carbons (Fsp3) is 0.0909. The standard InChI is InChI=1S/C11H9BrClN3/c12-8-3-1-7(2-4-8)5-9-6-10(14)11(13)16-15-9/h1-4,6H,5H2,(H2,14,15). The zero-order valence-corrected chi connectivity index (χ0v) is 10.7.